The Hall–Kier alpha value is -3.86. The minimum absolute atomic E-state index is 0.0276. The molecule has 4 rings (SSSR count). The first-order valence-electron chi connectivity index (χ1n) is 15.0. The molecule has 0 spiro atoms. The third kappa shape index (κ3) is 8.09. The van der Waals surface area contributed by atoms with Crippen molar-refractivity contribution >= 4 is 22.7 Å². The van der Waals surface area contributed by atoms with Gasteiger partial charge in [0.05, 0.1) is 6.61 Å². The van der Waals surface area contributed by atoms with Gasteiger partial charge in [0, 0.05) is 41.2 Å². The summed E-state index contributed by atoms with van der Waals surface area (Å²) in [5, 5.41) is 0.912. The van der Waals surface area contributed by atoms with Crippen molar-refractivity contribution in [3.8, 4) is 5.75 Å². The van der Waals surface area contributed by atoms with Gasteiger partial charge < -0.3 is 14.0 Å². The standard InChI is InChI=1S/C36H43NO4/c1-5-7-13-34(28-17-15-27(16-18-28)24-26(3)4)41-30-21-19-29(20-22-30)36(39)32-25-37(23-10-14-35(38)40-6-2)33-12-9-8-11-31(32)33/h8-9,11-12,15-22,25-26,34H,5-7,10,13-14,23-24H2,1-4H3/t34-/m0/s1. The molecule has 5 heteroatoms. The second-order valence-corrected chi connectivity index (χ2v) is 11.1. The largest absolute Gasteiger partial charge is 0.486 e. The molecule has 0 aliphatic rings. The highest BCUT2D eigenvalue weighted by atomic mass is 16.5. The summed E-state index contributed by atoms with van der Waals surface area (Å²) in [4.78, 5) is 25.4. The molecule has 1 aromatic heterocycles. The lowest BCUT2D eigenvalue weighted by molar-refractivity contribution is -0.143. The first-order valence-corrected chi connectivity index (χ1v) is 15.0. The van der Waals surface area contributed by atoms with E-state index in [0.29, 0.717) is 43.0 Å². The number of rotatable bonds is 15. The Morgan fingerprint density at radius 3 is 2.29 bits per heavy atom. The average Bonchev–Trinajstić information content (AvgIpc) is 3.34. The maximum absolute atomic E-state index is 13.6. The van der Waals surface area contributed by atoms with E-state index in [0.717, 1.165) is 42.3 Å². The van der Waals surface area contributed by atoms with Gasteiger partial charge in [-0.05, 0) is 80.0 Å². The number of carbonyl (C=O) groups is 2. The fourth-order valence-electron chi connectivity index (χ4n) is 5.27. The Balaban J connectivity index is 1.48. The molecule has 3 aromatic carbocycles. The summed E-state index contributed by atoms with van der Waals surface area (Å²) in [6, 6.07) is 24.2. The number of aromatic nitrogens is 1. The second kappa shape index (κ2) is 14.7. The van der Waals surface area contributed by atoms with E-state index in [2.05, 4.69) is 49.6 Å². The molecule has 0 radical (unpaired) electrons. The van der Waals surface area contributed by atoms with Crippen molar-refractivity contribution in [2.24, 2.45) is 5.92 Å². The molecule has 0 aliphatic heterocycles. The Morgan fingerprint density at radius 1 is 0.878 bits per heavy atom. The topological polar surface area (TPSA) is 57.5 Å². The summed E-state index contributed by atoms with van der Waals surface area (Å²) in [5.74, 6) is 1.17. The second-order valence-electron chi connectivity index (χ2n) is 11.1. The number of hydrogen-bond donors (Lipinski definition) is 0. The van der Waals surface area contributed by atoms with Crippen molar-refractivity contribution in [1.82, 2.24) is 4.57 Å². The van der Waals surface area contributed by atoms with E-state index < -0.39 is 0 Å². The zero-order chi connectivity index (χ0) is 29.2. The van der Waals surface area contributed by atoms with E-state index >= 15 is 0 Å². The third-order valence-electron chi connectivity index (χ3n) is 7.33. The number of unbranched alkanes of at least 4 members (excludes halogenated alkanes) is 1. The summed E-state index contributed by atoms with van der Waals surface area (Å²) in [5.41, 5.74) is 4.79. The normalized spacial score (nSPS) is 12.0. The molecule has 0 bridgehead atoms. The first-order chi connectivity index (χ1) is 19.9. The van der Waals surface area contributed by atoms with Crippen LogP contribution in [-0.4, -0.2) is 22.9 Å². The van der Waals surface area contributed by atoms with Crippen molar-refractivity contribution in [3.63, 3.8) is 0 Å². The monoisotopic (exact) mass is 553 g/mol. The lowest BCUT2D eigenvalue weighted by Crippen LogP contribution is -2.08. The van der Waals surface area contributed by atoms with Gasteiger partial charge in [0.2, 0.25) is 0 Å². The smallest absolute Gasteiger partial charge is 0.305 e. The summed E-state index contributed by atoms with van der Waals surface area (Å²) >= 11 is 0. The molecule has 4 aromatic rings. The number of benzene rings is 3. The SMILES string of the molecule is CCCC[C@H](Oc1ccc(C(=O)c2cn(CCCC(=O)OCC)c3ccccc23)cc1)c1ccc(CC(C)C)cc1. The average molecular weight is 554 g/mol. The maximum atomic E-state index is 13.6. The molecule has 216 valence electrons. The highest BCUT2D eigenvalue weighted by Gasteiger charge is 2.18. The minimum atomic E-state index is -0.192. The van der Waals surface area contributed by atoms with E-state index in [-0.39, 0.29) is 17.9 Å². The first kappa shape index (κ1) is 30.1. The van der Waals surface area contributed by atoms with Gasteiger partial charge in [-0.3, -0.25) is 9.59 Å². The minimum Gasteiger partial charge on any atom is -0.486 e. The van der Waals surface area contributed by atoms with Crippen LogP contribution in [0.15, 0.2) is 79.0 Å². The number of para-hydroxylation sites is 1. The van der Waals surface area contributed by atoms with Crippen molar-refractivity contribution in [3.05, 3.63) is 101 Å². The van der Waals surface area contributed by atoms with Crippen LogP contribution < -0.4 is 4.74 Å². The van der Waals surface area contributed by atoms with Gasteiger partial charge in [-0.25, -0.2) is 0 Å². The van der Waals surface area contributed by atoms with Gasteiger partial charge >= 0.3 is 5.97 Å². The summed E-state index contributed by atoms with van der Waals surface area (Å²) in [6.07, 6.45) is 7.08. The molecule has 1 heterocycles. The van der Waals surface area contributed by atoms with Gasteiger partial charge in [0.15, 0.2) is 5.78 Å². The Bertz CT molecular complexity index is 1420. The molecule has 41 heavy (non-hydrogen) atoms. The Kier molecular flexibility index (Phi) is 10.8. The predicted octanol–water partition coefficient (Wildman–Crippen LogP) is 8.72. The van der Waals surface area contributed by atoms with E-state index in [9.17, 15) is 9.59 Å². The zero-order valence-electron chi connectivity index (χ0n) is 24.9. The van der Waals surface area contributed by atoms with Gasteiger partial charge in [0.1, 0.15) is 11.9 Å². The number of nitrogens with zero attached hydrogens (tertiary/aromatic N) is 1. The van der Waals surface area contributed by atoms with Crippen molar-refractivity contribution in [2.45, 2.75) is 78.9 Å². The van der Waals surface area contributed by atoms with Crippen molar-refractivity contribution < 1.29 is 19.1 Å². The molecule has 0 N–H and O–H groups in total. The van der Waals surface area contributed by atoms with Crippen LogP contribution in [0.2, 0.25) is 0 Å². The molecule has 0 amide bonds. The number of hydrogen-bond acceptors (Lipinski definition) is 4. The lowest BCUT2D eigenvalue weighted by Gasteiger charge is -2.20. The number of esters is 1. The molecule has 0 saturated carbocycles. The number of carbonyl (C=O) groups excluding carboxylic acids is 2. The van der Waals surface area contributed by atoms with Crippen LogP contribution in [0.3, 0.4) is 0 Å². The zero-order valence-corrected chi connectivity index (χ0v) is 24.9. The van der Waals surface area contributed by atoms with Crippen LogP contribution in [0.5, 0.6) is 5.75 Å². The van der Waals surface area contributed by atoms with Crippen molar-refractivity contribution in [1.29, 1.82) is 0 Å². The number of aryl methyl sites for hydroxylation is 1. The predicted molar refractivity (Wildman–Crippen MR) is 166 cm³/mol. The van der Waals surface area contributed by atoms with Gasteiger partial charge in [-0.2, -0.15) is 0 Å². The fourth-order valence-corrected chi connectivity index (χ4v) is 5.27. The quantitative estimate of drug-likeness (QED) is 0.109. The van der Waals surface area contributed by atoms with E-state index in [1.54, 1.807) is 0 Å². The fraction of sp³-hybridized carbons (Fsp3) is 0.389. The van der Waals surface area contributed by atoms with Gasteiger partial charge in [-0.1, -0.05) is 69.7 Å². The Morgan fingerprint density at radius 2 is 1.61 bits per heavy atom. The van der Waals surface area contributed by atoms with Crippen LogP contribution in [0.4, 0.5) is 0 Å². The van der Waals surface area contributed by atoms with Crippen molar-refractivity contribution in [2.75, 3.05) is 6.61 Å². The molecule has 1 atom stereocenters. The van der Waals surface area contributed by atoms with Crippen LogP contribution in [0.1, 0.15) is 93.0 Å². The number of ether oxygens (including phenoxy) is 2. The third-order valence-corrected chi connectivity index (χ3v) is 7.33. The summed E-state index contributed by atoms with van der Waals surface area (Å²) < 4.78 is 13.6. The summed E-state index contributed by atoms with van der Waals surface area (Å²) in [6.45, 7) is 9.51. The molecular formula is C36H43NO4. The highest BCUT2D eigenvalue weighted by Crippen LogP contribution is 2.29. The van der Waals surface area contributed by atoms with E-state index in [4.69, 9.17) is 9.47 Å². The number of ketones is 1. The molecule has 5 nitrogen and oxygen atoms in total. The van der Waals surface area contributed by atoms with Crippen LogP contribution in [-0.2, 0) is 22.5 Å². The van der Waals surface area contributed by atoms with E-state index in [1.165, 1.54) is 11.1 Å². The molecular weight excluding hydrogens is 510 g/mol. The van der Waals surface area contributed by atoms with Crippen LogP contribution in [0, 0.1) is 5.92 Å². The number of fused-ring (bicyclic) bond motifs is 1. The summed E-state index contributed by atoms with van der Waals surface area (Å²) in [7, 11) is 0. The highest BCUT2D eigenvalue weighted by molar-refractivity contribution is 6.16. The molecule has 0 aliphatic carbocycles. The van der Waals surface area contributed by atoms with E-state index in [1.807, 2.05) is 61.7 Å². The Labute approximate surface area is 244 Å². The van der Waals surface area contributed by atoms with Gasteiger partial charge in [0.25, 0.3) is 0 Å². The molecule has 0 fully saturated rings. The maximum Gasteiger partial charge on any atom is 0.305 e. The lowest BCUT2D eigenvalue weighted by atomic mass is 9.98. The molecule has 0 unspecified atom stereocenters. The van der Waals surface area contributed by atoms with Crippen LogP contribution in [0.25, 0.3) is 10.9 Å². The van der Waals surface area contributed by atoms with Gasteiger partial charge in [-0.15, -0.1) is 0 Å². The van der Waals surface area contributed by atoms with Crippen LogP contribution >= 0.6 is 0 Å². The molecule has 0 saturated heterocycles.